The number of carboxylic acid groups (broad SMARTS) is 1. The van der Waals surface area contributed by atoms with Gasteiger partial charge in [0.15, 0.2) is 0 Å². The smallest absolute Gasteiger partial charge is 0.326 e. The largest absolute Gasteiger partial charge is 0.480 e. The Morgan fingerprint density at radius 2 is 1.62 bits per heavy atom. The molecule has 0 fully saturated rings. The Balaban J connectivity index is 4.85. The highest BCUT2D eigenvalue weighted by Gasteiger charge is 2.26. The molecule has 8 N–H and O–H groups in total. The minimum absolute atomic E-state index is 0.0647. The molecule has 0 aromatic carbocycles. The van der Waals surface area contributed by atoms with Crippen molar-refractivity contribution in [1.29, 1.82) is 0 Å². The zero-order chi connectivity index (χ0) is 22.6. The second-order valence-corrected chi connectivity index (χ2v) is 7.78. The normalized spacial score (nSPS) is 13.8. The highest BCUT2D eigenvalue weighted by Crippen LogP contribution is 2.03. The molecule has 4 amide bonds. The number of aliphatic carboxylic acids is 1. The molecule has 0 rings (SSSR count). The molecule has 0 aromatic heterocycles. The summed E-state index contributed by atoms with van der Waals surface area (Å²) in [5.41, 5.74) is 10.8. The Kier molecular flexibility index (Phi) is 12.7. The third-order valence-electron chi connectivity index (χ3n) is 4.00. The van der Waals surface area contributed by atoms with E-state index in [4.69, 9.17) is 16.6 Å². The number of nitrogens with one attached hydrogen (secondary N) is 3. The van der Waals surface area contributed by atoms with Crippen LogP contribution >= 0.6 is 11.8 Å². The van der Waals surface area contributed by atoms with E-state index in [9.17, 15) is 24.0 Å². The molecule has 0 saturated heterocycles. The predicted octanol–water partition coefficient (Wildman–Crippen LogP) is -1.84. The van der Waals surface area contributed by atoms with Crippen molar-refractivity contribution in [3.63, 3.8) is 0 Å². The first kappa shape index (κ1) is 26.7. The lowest BCUT2D eigenvalue weighted by atomic mass is 10.0. The van der Waals surface area contributed by atoms with Gasteiger partial charge in [-0.25, -0.2) is 4.79 Å². The van der Waals surface area contributed by atoms with Gasteiger partial charge in [-0.15, -0.1) is 0 Å². The molecule has 0 aliphatic heterocycles. The van der Waals surface area contributed by atoms with Crippen LogP contribution in [0.4, 0.5) is 0 Å². The number of carbonyl (C=O) groups excluding carboxylic acids is 4. The van der Waals surface area contributed by atoms with E-state index in [1.165, 1.54) is 11.8 Å². The van der Waals surface area contributed by atoms with Crippen molar-refractivity contribution in [2.45, 2.75) is 51.2 Å². The summed E-state index contributed by atoms with van der Waals surface area (Å²) in [6, 6.07) is -3.03. The van der Waals surface area contributed by atoms with Gasteiger partial charge in [0.1, 0.15) is 12.1 Å². The molecule has 0 aromatic rings. The molecule has 166 valence electrons. The van der Waals surface area contributed by atoms with E-state index in [0.717, 1.165) is 0 Å². The molecule has 0 saturated carbocycles. The lowest BCUT2D eigenvalue weighted by Gasteiger charge is -2.22. The van der Waals surface area contributed by atoms with Gasteiger partial charge in [0.25, 0.3) is 0 Å². The number of carboxylic acids is 1. The molecule has 11 nitrogen and oxygen atoms in total. The Labute approximate surface area is 174 Å². The van der Waals surface area contributed by atoms with Gasteiger partial charge >= 0.3 is 5.97 Å². The fourth-order valence-corrected chi connectivity index (χ4v) is 2.63. The summed E-state index contributed by atoms with van der Waals surface area (Å²) >= 11 is 1.44. The number of primary amides is 1. The predicted molar refractivity (Wildman–Crippen MR) is 109 cm³/mol. The van der Waals surface area contributed by atoms with Gasteiger partial charge in [-0.3, -0.25) is 19.2 Å². The molecule has 0 spiro atoms. The molecule has 0 bridgehead atoms. The van der Waals surface area contributed by atoms with E-state index >= 15 is 0 Å². The van der Waals surface area contributed by atoms with E-state index < -0.39 is 54.3 Å². The number of nitrogens with two attached hydrogens (primary N) is 2. The summed E-state index contributed by atoms with van der Waals surface area (Å²) in [5, 5.41) is 16.2. The van der Waals surface area contributed by atoms with E-state index in [-0.39, 0.29) is 25.2 Å². The molecule has 0 radical (unpaired) electrons. The van der Waals surface area contributed by atoms with Gasteiger partial charge in [-0.05, 0) is 30.8 Å². The lowest BCUT2D eigenvalue weighted by Crippen LogP contribution is -2.54. The molecular weight excluding hydrogens is 402 g/mol. The van der Waals surface area contributed by atoms with Crippen LogP contribution in [0.5, 0.6) is 0 Å². The van der Waals surface area contributed by atoms with Gasteiger partial charge in [0, 0.05) is 6.42 Å². The first-order chi connectivity index (χ1) is 13.5. The molecule has 0 aliphatic carbocycles. The number of hydrogen-bond donors (Lipinski definition) is 6. The number of carbonyl (C=O) groups is 5. The Morgan fingerprint density at radius 3 is 2.10 bits per heavy atom. The highest BCUT2D eigenvalue weighted by molar-refractivity contribution is 7.98. The van der Waals surface area contributed by atoms with Gasteiger partial charge in [-0.2, -0.15) is 11.8 Å². The second kappa shape index (κ2) is 13.8. The fraction of sp³-hybridized carbons (Fsp3) is 0.706. The molecule has 3 unspecified atom stereocenters. The molecule has 0 heterocycles. The third-order valence-corrected chi connectivity index (χ3v) is 4.64. The summed E-state index contributed by atoms with van der Waals surface area (Å²) in [6.45, 7) is 2.99. The molecule has 0 aliphatic rings. The van der Waals surface area contributed by atoms with Crippen molar-refractivity contribution in [3.05, 3.63) is 0 Å². The van der Waals surface area contributed by atoms with Gasteiger partial charge in [-0.1, -0.05) is 13.8 Å². The molecular formula is C17H31N5O6S. The monoisotopic (exact) mass is 433 g/mol. The molecule has 12 heteroatoms. The quantitative estimate of drug-likeness (QED) is 0.184. The zero-order valence-electron chi connectivity index (χ0n) is 16.9. The summed E-state index contributed by atoms with van der Waals surface area (Å²) in [7, 11) is 0. The van der Waals surface area contributed by atoms with Crippen LogP contribution in [0, 0.1) is 5.92 Å². The van der Waals surface area contributed by atoms with Crippen LogP contribution in [0.2, 0.25) is 0 Å². The van der Waals surface area contributed by atoms with E-state index in [1.807, 2.05) is 6.26 Å². The standard InChI is InChI=1S/C17H31N5O6S/c1-9(2)14(19)16(26)22-10(4-5-12(18)23)15(25)20-8-13(24)21-11(17(27)28)6-7-29-3/h9-11,14H,4-8,19H2,1-3H3,(H2,18,23)(H,20,25)(H,21,24)(H,22,26)(H,27,28). The SMILES string of the molecule is CSCCC(NC(=O)CNC(=O)C(CCC(N)=O)NC(=O)C(N)C(C)C)C(=O)O. The average molecular weight is 434 g/mol. The number of amides is 4. The van der Waals surface area contributed by atoms with Crippen molar-refractivity contribution in [1.82, 2.24) is 16.0 Å². The highest BCUT2D eigenvalue weighted by atomic mass is 32.2. The lowest BCUT2D eigenvalue weighted by molar-refractivity contribution is -0.141. The summed E-state index contributed by atoms with van der Waals surface area (Å²) < 4.78 is 0. The maximum Gasteiger partial charge on any atom is 0.326 e. The van der Waals surface area contributed by atoms with Crippen molar-refractivity contribution < 1.29 is 29.1 Å². The van der Waals surface area contributed by atoms with Gasteiger partial charge in [0.2, 0.25) is 23.6 Å². The minimum Gasteiger partial charge on any atom is -0.480 e. The maximum atomic E-state index is 12.4. The van der Waals surface area contributed by atoms with Crippen LogP contribution in [0.1, 0.15) is 33.1 Å². The Hall–Kier alpha value is -2.34. The fourth-order valence-electron chi connectivity index (χ4n) is 2.16. The Morgan fingerprint density at radius 1 is 1.00 bits per heavy atom. The first-order valence-corrected chi connectivity index (χ1v) is 10.5. The zero-order valence-corrected chi connectivity index (χ0v) is 17.7. The average Bonchev–Trinajstić information content (AvgIpc) is 2.64. The second-order valence-electron chi connectivity index (χ2n) is 6.79. The van der Waals surface area contributed by atoms with Crippen LogP contribution in [0.15, 0.2) is 0 Å². The van der Waals surface area contributed by atoms with Crippen molar-refractivity contribution >= 4 is 41.4 Å². The number of rotatable bonds is 14. The first-order valence-electron chi connectivity index (χ1n) is 9.12. The maximum absolute atomic E-state index is 12.4. The summed E-state index contributed by atoms with van der Waals surface area (Å²) in [4.78, 5) is 58.6. The van der Waals surface area contributed by atoms with Crippen LogP contribution in [0.25, 0.3) is 0 Å². The van der Waals surface area contributed by atoms with Crippen LogP contribution in [-0.4, -0.2) is 71.4 Å². The van der Waals surface area contributed by atoms with Crippen LogP contribution in [0.3, 0.4) is 0 Å². The van der Waals surface area contributed by atoms with Crippen molar-refractivity contribution in [3.8, 4) is 0 Å². The number of thioether (sulfide) groups is 1. The van der Waals surface area contributed by atoms with E-state index in [1.54, 1.807) is 13.8 Å². The molecule has 29 heavy (non-hydrogen) atoms. The van der Waals surface area contributed by atoms with Crippen LogP contribution < -0.4 is 27.4 Å². The Bertz CT molecular complexity index is 601. The van der Waals surface area contributed by atoms with Crippen LogP contribution in [-0.2, 0) is 24.0 Å². The molecule has 3 atom stereocenters. The summed E-state index contributed by atoms with van der Waals surface area (Å²) in [6.07, 6.45) is 1.83. The van der Waals surface area contributed by atoms with Gasteiger partial charge in [0.05, 0.1) is 12.6 Å². The topological polar surface area (TPSA) is 194 Å². The van der Waals surface area contributed by atoms with Crippen molar-refractivity contribution in [2.75, 3.05) is 18.6 Å². The number of hydrogen-bond acceptors (Lipinski definition) is 7. The van der Waals surface area contributed by atoms with E-state index in [2.05, 4.69) is 16.0 Å². The summed E-state index contributed by atoms with van der Waals surface area (Å²) in [5.74, 6) is -3.42. The van der Waals surface area contributed by atoms with Crippen molar-refractivity contribution in [2.24, 2.45) is 17.4 Å². The van der Waals surface area contributed by atoms with Gasteiger partial charge < -0.3 is 32.5 Å². The third kappa shape index (κ3) is 11.3. The minimum atomic E-state index is -1.17. The van der Waals surface area contributed by atoms with E-state index in [0.29, 0.717) is 5.75 Å².